The molecular formula is C6H3F2KO3S. The number of benzene rings is 1. The minimum Gasteiger partial charge on any atom is -0.533 e. The fourth-order valence-corrected chi connectivity index (χ4v) is 0.868. The second kappa shape index (κ2) is 6.04. The summed E-state index contributed by atoms with van der Waals surface area (Å²) < 4.78 is 48.5. The van der Waals surface area contributed by atoms with Gasteiger partial charge >= 0.3 is 51.4 Å². The van der Waals surface area contributed by atoms with Crippen molar-refractivity contribution in [2.45, 2.75) is 0 Å². The van der Waals surface area contributed by atoms with Crippen LogP contribution < -0.4 is 55.6 Å². The maximum Gasteiger partial charge on any atom is 1.00 e. The van der Waals surface area contributed by atoms with Gasteiger partial charge in [-0.25, -0.2) is 8.78 Å². The molecule has 0 aliphatic carbocycles. The van der Waals surface area contributed by atoms with Gasteiger partial charge in [-0.1, -0.05) is 0 Å². The summed E-state index contributed by atoms with van der Waals surface area (Å²) in [5, 5.41) is 0. The van der Waals surface area contributed by atoms with E-state index in [9.17, 15) is 17.2 Å². The van der Waals surface area contributed by atoms with Crippen molar-refractivity contribution >= 4 is 11.0 Å². The maximum absolute atomic E-state index is 12.4. The van der Waals surface area contributed by atoms with E-state index in [2.05, 4.69) is 4.18 Å². The molecule has 3 nitrogen and oxygen atoms in total. The van der Waals surface area contributed by atoms with Crippen LogP contribution in [0.3, 0.4) is 0 Å². The Hall–Kier alpha value is 0.466. The number of hydrogen-bond acceptors (Lipinski definition) is 4. The van der Waals surface area contributed by atoms with Crippen LogP contribution in [-0.2, 0) is 19.4 Å². The maximum atomic E-state index is 12.4. The molecular weight excluding hydrogens is 229 g/mol. The summed E-state index contributed by atoms with van der Waals surface area (Å²) in [5.41, 5.74) is 0. The van der Waals surface area contributed by atoms with Gasteiger partial charge in [0.25, 0.3) is 0 Å². The van der Waals surface area contributed by atoms with E-state index in [1.807, 2.05) is 0 Å². The van der Waals surface area contributed by atoms with E-state index < -0.39 is 22.6 Å². The van der Waals surface area contributed by atoms with Crippen molar-refractivity contribution in [1.82, 2.24) is 0 Å². The number of rotatable bonds is 2. The van der Waals surface area contributed by atoms with Crippen LogP contribution in [-0.4, -0.2) is 0 Å². The number of hydrogen-bond donors (Lipinski definition) is 0. The zero-order valence-electron chi connectivity index (χ0n) is 6.62. The summed E-state index contributed by atoms with van der Waals surface area (Å²) in [6, 6.07) is 2.43. The van der Waals surface area contributed by atoms with E-state index in [0.29, 0.717) is 6.07 Å². The third-order valence-corrected chi connectivity index (χ3v) is 1.38. The standard InChI is InChI=1S/C6H3F2O3S.K/c7-5-2-1-4(3-6(5)8)11-12(9)10;/h1-3H;/q-1;+1. The fourth-order valence-electron chi connectivity index (χ4n) is 0.607. The second-order valence-electron chi connectivity index (χ2n) is 1.86. The van der Waals surface area contributed by atoms with Crippen molar-refractivity contribution in [3.8, 4) is 5.75 Å². The molecule has 0 aromatic heterocycles. The first-order chi connectivity index (χ1) is 5.59. The van der Waals surface area contributed by atoms with Crippen molar-refractivity contribution in [1.29, 1.82) is 0 Å². The van der Waals surface area contributed by atoms with Gasteiger partial charge in [-0.05, 0) is 12.1 Å². The molecule has 1 rings (SSSR count). The molecule has 1 aromatic rings. The number of halogens is 2. The predicted octanol–water partition coefficient (Wildman–Crippen LogP) is -1.43. The van der Waals surface area contributed by atoms with Crippen LogP contribution in [0.1, 0.15) is 0 Å². The molecule has 13 heavy (non-hydrogen) atoms. The normalized spacial score (nSPS) is 9.46. The molecule has 0 atom stereocenters. The molecule has 0 aliphatic heterocycles. The SMILES string of the molecule is O=[S-](=O)Oc1ccc(F)c(F)c1.[K+]. The molecule has 66 valence electrons. The summed E-state index contributed by atoms with van der Waals surface area (Å²) in [4.78, 5) is 0. The minimum absolute atomic E-state index is 0. The van der Waals surface area contributed by atoms with Gasteiger partial charge in [-0.3, -0.25) is 0 Å². The smallest absolute Gasteiger partial charge is 0.533 e. The molecule has 7 heteroatoms. The predicted molar refractivity (Wildman–Crippen MR) is 35.7 cm³/mol. The molecule has 0 radical (unpaired) electrons. The van der Waals surface area contributed by atoms with Crippen molar-refractivity contribution in [3.05, 3.63) is 29.8 Å². The monoisotopic (exact) mass is 232 g/mol. The zero-order chi connectivity index (χ0) is 9.14. The molecule has 0 spiro atoms. The van der Waals surface area contributed by atoms with E-state index in [0.717, 1.165) is 12.1 Å². The van der Waals surface area contributed by atoms with Gasteiger partial charge in [-0.2, -0.15) is 0 Å². The van der Waals surface area contributed by atoms with Gasteiger partial charge in [-0.15, -0.1) is 0 Å². The molecule has 0 heterocycles. The van der Waals surface area contributed by atoms with Crippen LogP contribution in [0.15, 0.2) is 18.2 Å². The van der Waals surface area contributed by atoms with E-state index in [1.165, 1.54) is 0 Å². The summed E-state index contributed by atoms with van der Waals surface area (Å²) in [5.74, 6) is -2.47. The van der Waals surface area contributed by atoms with E-state index in [1.54, 1.807) is 0 Å². The summed E-state index contributed by atoms with van der Waals surface area (Å²) >= 11 is 0. The van der Waals surface area contributed by atoms with Gasteiger partial charge in [0.1, 0.15) is 16.7 Å². The van der Waals surface area contributed by atoms with Crippen LogP contribution in [0.5, 0.6) is 5.75 Å². The van der Waals surface area contributed by atoms with Crippen molar-refractivity contribution in [3.63, 3.8) is 0 Å². The van der Waals surface area contributed by atoms with Crippen molar-refractivity contribution in [2.24, 2.45) is 0 Å². The van der Waals surface area contributed by atoms with Crippen LogP contribution in [0, 0.1) is 11.6 Å². The molecule has 0 amide bonds. The quantitative estimate of drug-likeness (QED) is 0.464. The average molecular weight is 232 g/mol. The summed E-state index contributed by atoms with van der Waals surface area (Å²) in [6.45, 7) is 0. The third-order valence-electron chi connectivity index (χ3n) is 1.06. The molecule has 0 fully saturated rings. The van der Waals surface area contributed by atoms with Gasteiger partial charge in [0.05, 0.1) is 0 Å². The Kier molecular flexibility index (Phi) is 6.26. The van der Waals surface area contributed by atoms with E-state index >= 15 is 0 Å². The van der Waals surface area contributed by atoms with Gasteiger partial charge in [0.15, 0.2) is 11.6 Å². The Labute approximate surface area is 118 Å². The van der Waals surface area contributed by atoms with Crippen molar-refractivity contribution in [2.75, 3.05) is 0 Å². The summed E-state index contributed by atoms with van der Waals surface area (Å²) in [6.07, 6.45) is 0. The van der Waals surface area contributed by atoms with Gasteiger partial charge in [0, 0.05) is 6.07 Å². The van der Waals surface area contributed by atoms with Gasteiger partial charge < -0.3 is 12.6 Å². The van der Waals surface area contributed by atoms with Crippen LogP contribution in [0.25, 0.3) is 0 Å². The average Bonchev–Trinajstić information content (AvgIpc) is 1.96. The second-order valence-corrected chi connectivity index (χ2v) is 2.44. The molecule has 0 N–H and O–H groups in total. The Bertz CT molecular complexity index is 359. The van der Waals surface area contributed by atoms with E-state index in [-0.39, 0.29) is 57.1 Å². The van der Waals surface area contributed by atoms with Crippen LogP contribution >= 0.6 is 0 Å². The topological polar surface area (TPSA) is 43.4 Å². The first-order valence-electron chi connectivity index (χ1n) is 2.82. The first-order valence-corrected chi connectivity index (χ1v) is 3.82. The fraction of sp³-hybridized carbons (Fsp3) is 0. The van der Waals surface area contributed by atoms with Crippen LogP contribution in [0.2, 0.25) is 0 Å². The molecule has 1 aromatic carbocycles. The molecule has 0 bridgehead atoms. The summed E-state index contributed by atoms with van der Waals surface area (Å²) in [7, 11) is -2.77. The molecule has 0 saturated heterocycles. The largest absolute Gasteiger partial charge is 1.00 e. The minimum atomic E-state index is -2.77. The molecule has 0 saturated carbocycles. The first kappa shape index (κ1) is 13.5. The molecule has 0 aliphatic rings. The van der Waals surface area contributed by atoms with Gasteiger partial charge in [0.2, 0.25) is 0 Å². The van der Waals surface area contributed by atoms with Crippen LogP contribution in [0.4, 0.5) is 8.78 Å². The zero-order valence-corrected chi connectivity index (χ0v) is 10.6. The third kappa shape index (κ3) is 4.48. The molecule has 0 unspecified atom stereocenters. The Morgan fingerprint density at radius 1 is 1.15 bits per heavy atom. The Morgan fingerprint density at radius 2 is 1.77 bits per heavy atom. The van der Waals surface area contributed by atoms with Crippen molar-refractivity contribution < 1.29 is 72.8 Å². The Balaban J connectivity index is 0.00000144. The Morgan fingerprint density at radius 3 is 2.23 bits per heavy atom. The van der Waals surface area contributed by atoms with E-state index in [4.69, 9.17) is 0 Å².